The Balaban J connectivity index is 0.00000180. The van der Waals surface area contributed by atoms with E-state index in [1.165, 1.54) is 25.3 Å². The number of likely N-dealkylation sites (tertiary alicyclic amines) is 1. The standard InChI is InChI=1S/C14H20FN3.HI/c15-13-6-4-5-12(11-13)7-8-17-14(16)18-9-2-1-3-10-18;/h4-6,11H,1-3,7-10H2,(H2,16,17);1H. The van der Waals surface area contributed by atoms with Gasteiger partial charge in [-0.25, -0.2) is 4.39 Å². The third kappa shape index (κ3) is 5.34. The minimum atomic E-state index is -0.194. The van der Waals surface area contributed by atoms with E-state index >= 15 is 0 Å². The van der Waals surface area contributed by atoms with Crippen LogP contribution in [-0.4, -0.2) is 30.5 Å². The van der Waals surface area contributed by atoms with Gasteiger partial charge >= 0.3 is 0 Å². The van der Waals surface area contributed by atoms with Crippen LogP contribution >= 0.6 is 24.0 Å². The Morgan fingerprint density at radius 3 is 2.68 bits per heavy atom. The van der Waals surface area contributed by atoms with Crippen LogP contribution in [0.4, 0.5) is 4.39 Å². The molecule has 19 heavy (non-hydrogen) atoms. The molecule has 1 saturated heterocycles. The van der Waals surface area contributed by atoms with Gasteiger partial charge in [0.25, 0.3) is 0 Å². The summed E-state index contributed by atoms with van der Waals surface area (Å²) in [7, 11) is 0. The summed E-state index contributed by atoms with van der Waals surface area (Å²) in [5, 5.41) is 0. The molecule has 0 saturated carbocycles. The molecule has 1 aliphatic rings. The number of halogens is 2. The number of rotatable bonds is 3. The molecule has 0 bridgehead atoms. The summed E-state index contributed by atoms with van der Waals surface area (Å²) in [4.78, 5) is 6.50. The van der Waals surface area contributed by atoms with E-state index in [1.54, 1.807) is 12.1 Å². The second-order valence-corrected chi connectivity index (χ2v) is 4.67. The van der Waals surface area contributed by atoms with Gasteiger partial charge in [0.15, 0.2) is 5.96 Å². The highest BCUT2D eigenvalue weighted by Gasteiger charge is 2.11. The van der Waals surface area contributed by atoms with Crippen molar-refractivity contribution in [1.82, 2.24) is 4.90 Å². The highest BCUT2D eigenvalue weighted by Crippen LogP contribution is 2.08. The lowest BCUT2D eigenvalue weighted by Crippen LogP contribution is -2.41. The summed E-state index contributed by atoms with van der Waals surface area (Å²) in [6.07, 6.45) is 4.40. The maximum Gasteiger partial charge on any atom is 0.191 e. The molecular weight excluding hydrogens is 356 g/mol. The van der Waals surface area contributed by atoms with Crippen LogP contribution in [0.1, 0.15) is 24.8 Å². The van der Waals surface area contributed by atoms with Crippen LogP contribution in [0.5, 0.6) is 0 Å². The van der Waals surface area contributed by atoms with Gasteiger partial charge in [-0.2, -0.15) is 0 Å². The van der Waals surface area contributed by atoms with Crippen molar-refractivity contribution in [2.75, 3.05) is 19.6 Å². The van der Waals surface area contributed by atoms with Crippen LogP contribution in [0.2, 0.25) is 0 Å². The molecule has 3 nitrogen and oxygen atoms in total. The van der Waals surface area contributed by atoms with E-state index in [1.807, 2.05) is 6.07 Å². The first-order valence-electron chi connectivity index (χ1n) is 6.55. The molecule has 2 N–H and O–H groups in total. The summed E-state index contributed by atoms with van der Waals surface area (Å²) in [5.41, 5.74) is 6.91. The quantitative estimate of drug-likeness (QED) is 0.500. The lowest BCUT2D eigenvalue weighted by molar-refractivity contribution is 0.338. The Morgan fingerprint density at radius 2 is 2.00 bits per heavy atom. The van der Waals surface area contributed by atoms with E-state index in [0.717, 1.165) is 25.1 Å². The van der Waals surface area contributed by atoms with Crippen LogP contribution < -0.4 is 5.73 Å². The average Bonchev–Trinajstić information content (AvgIpc) is 2.40. The topological polar surface area (TPSA) is 41.6 Å². The smallest absolute Gasteiger partial charge is 0.191 e. The normalized spacial score (nSPS) is 16.1. The lowest BCUT2D eigenvalue weighted by Gasteiger charge is -2.27. The first-order valence-corrected chi connectivity index (χ1v) is 6.55. The minimum Gasteiger partial charge on any atom is -0.370 e. The summed E-state index contributed by atoms with van der Waals surface area (Å²) < 4.78 is 13.0. The third-order valence-corrected chi connectivity index (χ3v) is 3.24. The number of aliphatic imine (C=N–C) groups is 1. The highest BCUT2D eigenvalue weighted by molar-refractivity contribution is 14.0. The van der Waals surface area contributed by atoms with Crippen molar-refractivity contribution in [3.05, 3.63) is 35.6 Å². The van der Waals surface area contributed by atoms with Crippen molar-refractivity contribution in [1.29, 1.82) is 0 Å². The van der Waals surface area contributed by atoms with Crippen molar-refractivity contribution < 1.29 is 4.39 Å². The summed E-state index contributed by atoms with van der Waals surface area (Å²) in [6.45, 7) is 2.64. The number of nitrogens with zero attached hydrogens (tertiary/aromatic N) is 2. The maximum atomic E-state index is 13.0. The summed E-state index contributed by atoms with van der Waals surface area (Å²) in [5.74, 6) is 0.437. The van der Waals surface area contributed by atoms with Gasteiger partial charge in [-0.15, -0.1) is 24.0 Å². The fourth-order valence-electron chi connectivity index (χ4n) is 2.22. The van der Waals surface area contributed by atoms with Gasteiger partial charge < -0.3 is 10.6 Å². The molecule has 2 rings (SSSR count). The van der Waals surface area contributed by atoms with Gasteiger partial charge in [0.05, 0.1) is 0 Å². The Kier molecular flexibility index (Phi) is 7.12. The van der Waals surface area contributed by atoms with E-state index in [4.69, 9.17) is 5.73 Å². The number of nitrogens with two attached hydrogens (primary N) is 1. The second kappa shape index (κ2) is 8.35. The SMILES string of the molecule is I.NC(=NCCc1cccc(F)c1)N1CCCCC1. The molecule has 1 aromatic carbocycles. The predicted octanol–water partition coefficient (Wildman–Crippen LogP) is 2.79. The molecule has 0 radical (unpaired) electrons. The lowest BCUT2D eigenvalue weighted by atomic mass is 10.1. The third-order valence-electron chi connectivity index (χ3n) is 3.24. The van der Waals surface area contributed by atoms with E-state index in [-0.39, 0.29) is 29.8 Å². The molecule has 0 amide bonds. The zero-order valence-corrected chi connectivity index (χ0v) is 13.3. The number of guanidine groups is 1. The molecule has 1 aromatic rings. The van der Waals surface area contributed by atoms with Crippen LogP contribution in [0.3, 0.4) is 0 Å². The Bertz CT molecular complexity index is 417. The van der Waals surface area contributed by atoms with Crippen molar-refractivity contribution in [2.24, 2.45) is 10.7 Å². The number of hydrogen-bond acceptors (Lipinski definition) is 1. The first-order chi connectivity index (χ1) is 8.75. The molecule has 0 unspecified atom stereocenters. The minimum absolute atomic E-state index is 0. The molecule has 1 aliphatic heterocycles. The summed E-state index contributed by atoms with van der Waals surface area (Å²) >= 11 is 0. The zero-order valence-electron chi connectivity index (χ0n) is 11.0. The molecule has 106 valence electrons. The van der Waals surface area contributed by atoms with Gasteiger partial charge in [0.2, 0.25) is 0 Å². The van der Waals surface area contributed by atoms with Crippen LogP contribution in [0.25, 0.3) is 0 Å². The highest BCUT2D eigenvalue weighted by atomic mass is 127. The number of benzene rings is 1. The van der Waals surface area contributed by atoms with E-state index in [2.05, 4.69) is 9.89 Å². The Labute approximate surface area is 131 Å². The molecule has 0 aliphatic carbocycles. The predicted molar refractivity (Wildman–Crippen MR) is 87.4 cm³/mol. The Morgan fingerprint density at radius 1 is 1.26 bits per heavy atom. The van der Waals surface area contributed by atoms with Gasteiger partial charge in [-0.1, -0.05) is 12.1 Å². The second-order valence-electron chi connectivity index (χ2n) is 4.67. The largest absolute Gasteiger partial charge is 0.370 e. The van der Waals surface area contributed by atoms with Gasteiger partial charge in [-0.05, 0) is 43.4 Å². The van der Waals surface area contributed by atoms with Crippen molar-refractivity contribution in [2.45, 2.75) is 25.7 Å². The molecule has 5 heteroatoms. The monoisotopic (exact) mass is 377 g/mol. The van der Waals surface area contributed by atoms with Crippen LogP contribution in [0.15, 0.2) is 29.3 Å². The average molecular weight is 377 g/mol. The van der Waals surface area contributed by atoms with Gasteiger partial charge in [-0.3, -0.25) is 4.99 Å². The zero-order chi connectivity index (χ0) is 12.8. The van der Waals surface area contributed by atoms with Crippen molar-refractivity contribution >= 4 is 29.9 Å². The fraction of sp³-hybridized carbons (Fsp3) is 0.500. The van der Waals surface area contributed by atoms with Gasteiger partial charge in [0, 0.05) is 19.6 Å². The van der Waals surface area contributed by atoms with E-state index in [0.29, 0.717) is 12.5 Å². The first kappa shape index (κ1) is 16.2. The molecular formula is C14H21FIN3. The van der Waals surface area contributed by atoms with Gasteiger partial charge in [0.1, 0.15) is 5.82 Å². The summed E-state index contributed by atoms with van der Waals surface area (Å²) in [6, 6.07) is 6.64. The Hall–Kier alpha value is -0.850. The van der Waals surface area contributed by atoms with Crippen LogP contribution in [-0.2, 0) is 6.42 Å². The molecule has 0 aromatic heterocycles. The fourth-order valence-corrected chi connectivity index (χ4v) is 2.22. The van der Waals surface area contributed by atoms with Crippen molar-refractivity contribution in [3.8, 4) is 0 Å². The molecule has 1 fully saturated rings. The number of hydrogen-bond donors (Lipinski definition) is 1. The number of piperidine rings is 1. The molecule has 0 spiro atoms. The maximum absolute atomic E-state index is 13.0. The van der Waals surface area contributed by atoms with E-state index in [9.17, 15) is 4.39 Å². The molecule has 1 heterocycles. The van der Waals surface area contributed by atoms with E-state index < -0.39 is 0 Å². The van der Waals surface area contributed by atoms with Crippen LogP contribution in [0, 0.1) is 5.82 Å². The van der Waals surface area contributed by atoms with Crippen molar-refractivity contribution in [3.63, 3.8) is 0 Å². The molecule has 0 atom stereocenters.